The van der Waals surface area contributed by atoms with Crippen molar-refractivity contribution in [1.29, 1.82) is 0 Å². The first-order chi connectivity index (χ1) is 6.24. The molecule has 0 rings (SSSR count). The predicted molar refractivity (Wildman–Crippen MR) is 55.6 cm³/mol. The molecule has 0 bridgehead atoms. The van der Waals surface area contributed by atoms with Crippen LogP contribution in [0.2, 0.25) is 0 Å². The first-order valence-electron chi connectivity index (χ1n) is 4.72. The van der Waals surface area contributed by atoms with Crippen LogP contribution >= 0.6 is 0 Å². The minimum absolute atomic E-state index is 0.126. The van der Waals surface area contributed by atoms with Gasteiger partial charge in [-0.1, -0.05) is 19.1 Å². The lowest BCUT2D eigenvalue weighted by Gasteiger charge is -2.15. The standard InChI is InChI=1S/C11H20O2/c1-5-7-8-11(6-2)13-10(3)9-12-4/h5,7-8,10H,6,9H2,1-4H3. The third-order valence-electron chi connectivity index (χ3n) is 1.58. The Morgan fingerprint density at radius 1 is 1.46 bits per heavy atom. The zero-order valence-electron chi connectivity index (χ0n) is 9.04. The molecule has 0 fully saturated rings. The molecule has 0 aliphatic rings. The fourth-order valence-electron chi connectivity index (χ4n) is 0.971. The highest BCUT2D eigenvalue weighted by Gasteiger charge is 2.02. The Morgan fingerprint density at radius 2 is 2.15 bits per heavy atom. The third kappa shape index (κ3) is 6.41. The van der Waals surface area contributed by atoms with Crippen molar-refractivity contribution < 1.29 is 9.47 Å². The number of rotatable bonds is 6. The molecule has 1 unspecified atom stereocenters. The van der Waals surface area contributed by atoms with E-state index in [1.807, 2.05) is 32.1 Å². The summed E-state index contributed by atoms with van der Waals surface area (Å²) in [6.45, 7) is 6.70. The number of hydrogen-bond donors (Lipinski definition) is 0. The Labute approximate surface area is 81.2 Å². The van der Waals surface area contributed by atoms with Crippen LogP contribution in [0, 0.1) is 0 Å². The van der Waals surface area contributed by atoms with Gasteiger partial charge in [0.25, 0.3) is 0 Å². The maximum absolute atomic E-state index is 5.63. The Hall–Kier alpha value is -0.760. The van der Waals surface area contributed by atoms with E-state index in [-0.39, 0.29) is 6.10 Å². The van der Waals surface area contributed by atoms with E-state index in [9.17, 15) is 0 Å². The number of ether oxygens (including phenoxy) is 2. The normalized spacial score (nSPS) is 14.9. The Kier molecular flexibility index (Phi) is 7.41. The Bertz CT molecular complexity index is 171. The van der Waals surface area contributed by atoms with Crippen LogP contribution in [0.15, 0.2) is 24.0 Å². The molecule has 0 saturated heterocycles. The lowest BCUT2D eigenvalue weighted by molar-refractivity contribution is 0.0457. The van der Waals surface area contributed by atoms with Crippen molar-refractivity contribution in [2.24, 2.45) is 0 Å². The van der Waals surface area contributed by atoms with Gasteiger partial charge in [0, 0.05) is 13.5 Å². The summed E-state index contributed by atoms with van der Waals surface area (Å²) in [5, 5.41) is 0. The van der Waals surface area contributed by atoms with Crippen LogP contribution in [0.25, 0.3) is 0 Å². The van der Waals surface area contributed by atoms with E-state index < -0.39 is 0 Å². The zero-order chi connectivity index (χ0) is 10.1. The monoisotopic (exact) mass is 184 g/mol. The molecule has 0 heterocycles. The molecule has 76 valence electrons. The van der Waals surface area contributed by atoms with Crippen molar-refractivity contribution >= 4 is 0 Å². The average Bonchev–Trinajstić information content (AvgIpc) is 2.12. The largest absolute Gasteiger partial charge is 0.493 e. The predicted octanol–water partition coefficient (Wildman–Crippen LogP) is 2.91. The Morgan fingerprint density at radius 3 is 2.62 bits per heavy atom. The van der Waals surface area contributed by atoms with Crippen molar-refractivity contribution in [3.63, 3.8) is 0 Å². The van der Waals surface area contributed by atoms with E-state index in [1.54, 1.807) is 7.11 Å². The number of hydrogen-bond acceptors (Lipinski definition) is 2. The van der Waals surface area contributed by atoms with E-state index in [0.29, 0.717) is 6.61 Å². The SMILES string of the molecule is CC=CC=C(CC)OC(C)COC. The molecule has 2 heteroatoms. The summed E-state index contributed by atoms with van der Waals surface area (Å²) in [5.41, 5.74) is 0. The highest BCUT2D eigenvalue weighted by molar-refractivity contribution is 5.06. The summed E-state index contributed by atoms with van der Waals surface area (Å²) in [7, 11) is 1.68. The lowest BCUT2D eigenvalue weighted by atomic mass is 10.3. The van der Waals surface area contributed by atoms with Crippen LogP contribution < -0.4 is 0 Å². The van der Waals surface area contributed by atoms with Gasteiger partial charge < -0.3 is 9.47 Å². The molecule has 13 heavy (non-hydrogen) atoms. The Balaban J connectivity index is 3.96. The first-order valence-corrected chi connectivity index (χ1v) is 4.72. The highest BCUT2D eigenvalue weighted by Crippen LogP contribution is 2.07. The molecule has 0 aliphatic carbocycles. The fourth-order valence-corrected chi connectivity index (χ4v) is 0.971. The van der Waals surface area contributed by atoms with Crippen molar-refractivity contribution in [2.45, 2.75) is 33.3 Å². The molecule has 0 aliphatic heterocycles. The minimum atomic E-state index is 0.126. The second-order valence-corrected chi connectivity index (χ2v) is 2.90. The molecular weight excluding hydrogens is 164 g/mol. The maximum atomic E-state index is 5.63. The van der Waals surface area contributed by atoms with Gasteiger partial charge in [0.1, 0.15) is 6.10 Å². The summed E-state index contributed by atoms with van der Waals surface area (Å²) >= 11 is 0. The molecular formula is C11H20O2. The molecule has 2 nitrogen and oxygen atoms in total. The van der Waals surface area contributed by atoms with Gasteiger partial charge in [-0.15, -0.1) is 0 Å². The second-order valence-electron chi connectivity index (χ2n) is 2.90. The third-order valence-corrected chi connectivity index (χ3v) is 1.58. The topological polar surface area (TPSA) is 18.5 Å². The molecule has 0 radical (unpaired) electrons. The van der Waals surface area contributed by atoms with Gasteiger partial charge in [-0.2, -0.15) is 0 Å². The smallest absolute Gasteiger partial charge is 0.119 e. The molecule has 0 aromatic heterocycles. The van der Waals surface area contributed by atoms with Crippen LogP contribution in [0.5, 0.6) is 0 Å². The van der Waals surface area contributed by atoms with Crippen molar-refractivity contribution in [2.75, 3.05) is 13.7 Å². The van der Waals surface area contributed by atoms with Gasteiger partial charge in [-0.05, 0) is 19.9 Å². The lowest BCUT2D eigenvalue weighted by Crippen LogP contribution is -2.14. The van der Waals surface area contributed by atoms with Crippen LogP contribution in [0.4, 0.5) is 0 Å². The van der Waals surface area contributed by atoms with Crippen molar-refractivity contribution in [3.05, 3.63) is 24.0 Å². The molecule has 0 spiro atoms. The van der Waals surface area contributed by atoms with Gasteiger partial charge >= 0.3 is 0 Å². The van der Waals surface area contributed by atoms with Crippen molar-refractivity contribution in [1.82, 2.24) is 0 Å². The first kappa shape index (κ1) is 12.2. The molecule has 0 amide bonds. The van der Waals surface area contributed by atoms with E-state index in [0.717, 1.165) is 12.2 Å². The highest BCUT2D eigenvalue weighted by atomic mass is 16.5. The molecule has 0 saturated carbocycles. The summed E-state index contributed by atoms with van der Waals surface area (Å²) < 4.78 is 10.6. The summed E-state index contributed by atoms with van der Waals surface area (Å²) in [6.07, 6.45) is 7.00. The number of allylic oxidation sites excluding steroid dienone is 4. The number of methoxy groups -OCH3 is 1. The van der Waals surface area contributed by atoms with Crippen LogP contribution in [0.1, 0.15) is 27.2 Å². The van der Waals surface area contributed by atoms with Gasteiger partial charge in [0.2, 0.25) is 0 Å². The van der Waals surface area contributed by atoms with Gasteiger partial charge in [-0.25, -0.2) is 0 Å². The van der Waals surface area contributed by atoms with Crippen molar-refractivity contribution in [3.8, 4) is 0 Å². The zero-order valence-corrected chi connectivity index (χ0v) is 9.04. The van der Waals surface area contributed by atoms with E-state index in [2.05, 4.69) is 6.92 Å². The van der Waals surface area contributed by atoms with Gasteiger partial charge in [0.15, 0.2) is 0 Å². The van der Waals surface area contributed by atoms with E-state index in [1.165, 1.54) is 0 Å². The fraction of sp³-hybridized carbons (Fsp3) is 0.636. The van der Waals surface area contributed by atoms with Gasteiger partial charge in [0.05, 0.1) is 12.4 Å². The molecule has 0 aromatic rings. The minimum Gasteiger partial charge on any atom is -0.493 e. The second kappa shape index (κ2) is 7.87. The van der Waals surface area contributed by atoms with Crippen LogP contribution in [0.3, 0.4) is 0 Å². The maximum Gasteiger partial charge on any atom is 0.119 e. The average molecular weight is 184 g/mol. The van der Waals surface area contributed by atoms with E-state index in [4.69, 9.17) is 9.47 Å². The van der Waals surface area contributed by atoms with Crippen LogP contribution in [-0.2, 0) is 9.47 Å². The van der Waals surface area contributed by atoms with Crippen LogP contribution in [-0.4, -0.2) is 19.8 Å². The van der Waals surface area contributed by atoms with E-state index >= 15 is 0 Å². The summed E-state index contributed by atoms with van der Waals surface area (Å²) in [4.78, 5) is 0. The molecule has 0 aromatic carbocycles. The quantitative estimate of drug-likeness (QED) is 0.467. The summed E-state index contributed by atoms with van der Waals surface area (Å²) in [5.74, 6) is 1.00. The molecule has 0 N–H and O–H groups in total. The summed E-state index contributed by atoms with van der Waals surface area (Å²) in [6, 6.07) is 0. The molecule has 1 atom stereocenters. The van der Waals surface area contributed by atoms with Gasteiger partial charge in [-0.3, -0.25) is 0 Å².